The van der Waals surface area contributed by atoms with Crippen molar-refractivity contribution in [2.75, 3.05) is 0 Å². The van der Waals surface area contributed by atoms with Crippen LogP contribution in [0.25, 0.3) is 0 Å². The number of hydrogen-bond donors (Lipinski definition) is 2. The summed E-state index contributed by atoms with van der Waals surface area (Å²) >= 11 is 0. The molecule has 0 spiro atoms. The van der Waals surface area contributed by atoms with Crippen LogP contribution >= 0.6 is 0 Å². The van der Waals surface area contributed by atoms with Gasteiger partial charge in [-0.25, -0.2) is 0 Å². The zero-order valence-electron chi connectivity index (χ0n) is 9.63. The Hall–Kier alpha value is -2.30. The van der Waals surface area contributed by atoms with Crippen molar-refractivity contribution in [2.45, 2.75) is 6.54 Å². The van der Waals surface area contributed by atoms with Crippen LogP contribution in [0.15, 0.2) is 42.6 Å². The minimum atomic E-state index is -0.384. The lowest BCUT2D eigenvalue weighted by molar-refractivity contribution is 0.0948. The van der Waals surface area contributed by atoms with Gasteiger partial charge in [-0.2, -0.15) is 0 Å². The van der Waals surface area contributed by atoms with Gasteiger partial charge in [0.05, 0.1) is 17.8 Å². The van der Waals surface area contributed by atoms with Gasteiger partial charge in [0.15, 0.2) is 0 Å². The second kappa shape index (κ2) is 5.36. The van der Waals surface area contributed by atoms with Gasteiger partial charge < -0.3 is 10.4 Å². The first-order valence-electron chi connectivity index (χ1n) is 5.43. The molecule has 0 bridgehead atoms. The van der Waals surface area contributed by atoms with Crippen molar-refractivity contribution < 1.29 is 9.90 Å². The SMILES string of the molecule is [B]c1ccc(O)c(C(=O)NCc2ccccn2)c1. The molecular formula is C13H11BN2O2. The van der Waals surface area contributed by atoms with E-state index in [0.29, 0.717) is 12.0 Å². The van der Waals surface area contributed by atoms with E-state index in [2.05, 4.69) is 10.3 Å². The zero-order chi connectivity index (χ0) is 13.0. The minimum Gasteiger partial charge on any atom is -0.507 e. The number of aromatic hydroxyl groups is 1. The van der Waals surface area contributed by atoms with Gasteiger partial charge in [0.25, 0.3) is 5.91 Å². The topological polar surface area (TPSA) is 62.2 Å². The molecule has 0 aliphatic heterocycles. The summed E-state index contributed by atoms with van der Waals surface area (Å²) in [4.78, 5) is 15.9. The third kappa shape index (κ3) is 2.88. The number of phenols is 1. The minimum absolute atomic E-state index is 0.0947. The van der Waals surface area contributed by atoms with E-state index >= 15 is 0 Å². The van der Waals surface area contributed by atoms with Gasteiger partial charge in [-0.1, -0.05) is 23.7 Å². The first-order valence-corrected chi connectivity index (χ1v) is 5.43. The van der Waals surface area contributed by atoms with E-state index in [1.54, 1.807) is 18.3 Å². The van der Waals surface area contributed by atoms with Crippen LogP contribution in [-0.2, 0) is 6.54 Å². The largest absolute Gasteiger partial charge is 0.507 e. The van der Waals surface area contributed by atoms with E-state index in [0.717, 1.165) is 5.69 Å². The summed E-state index contributed by atoms with van der Waals surface area (Å²) in [6, 6.07) is 9.81. The summed E-state index contributed by atoms with van der Waals surface area (Å²) in [7, 11) is 5.57. The number of pyridine rings is 1. The van der Waals surface area contributed by atoms with Crippen molar-refractivity contribution in [3.63, 3.8) is 0 Å². The number of rotatable bonds is 3. The molecular weight excluding hydrogens is 227 g/mol. The van der Waals surface area contributed by atoms with Crippen LogP contribution in [0.1, 0.15) is 16.1 Å². The maximum Gasteiger partial charge on any atom is 0.255 e. The predicted molar refractivity (Wildman–Crippen MR) is 68.9 cm³/mol. The number of amides is 1. The molecule has 1 heterocycles. The smallest absolute Gasteiger partial charge is 0.255 e. The molecule has 2 radical (unpaired) electrons. The van der Waals surface area contributed by atoms with Crippen molar-refractivity contribution >= 4 is 19.2 Å². The van der Waals surface area contributed by atoms with Gasteiger partial charge in [0.1, 0.15) is 13.6 Å². The molecule has 18 heavy (non-hydrogen) atoms. The lowest BCUT2D eigenvalue weighted by atomic mass is 9.94. The van der Waals surface area contributed by atoms with Crippen molar-refractivity contribution in [2.24, 2.45) is 0 Å². The molecule has 1 aromatic carbocycles. The van der Waals surface area contributed by atoms with Crippen LogP contribution in [0.5, 0.6) is 5.75 Å². The predicted octanol–water partition coefficient (Wildman–Crippen LogP) is 0.511. The van der Waals surface area contributed by atoms with Gasteiger partial charge >= 0.3 is 0 Å². The lowest BCUT2D eigenvalue weighted by Gasteiger charge is -2.07. The number of nitrogens with zero attached hydrogens (tertiary/aromatic N) is 1. The number of nitrogens with one attached hydrogen (secondary N) is 1. The van der Waals surface area contributed by atoms with Crippen molar-refractivity contribution in [3.8, 4) is 5.75 Å². The number of aromatic nitrogens is 1. The molecule has 5 heteroatoms. The highest BCUT2D eigenvalue weighted by atomic mass is 16.3. The molecule has 4 nitrogen and oxygen atoms in total. The molecule has 0 saturated carbocycles. The number of carbonyl (C=O) groups excluding carboxylic acids is 1. The van der Waals surface area contributed by atoms with E-state index < -0.39 is 0 Å². The average Bonchev–Trinajstić information content (AvgIpc) is 2.40. The molecule has 0 fully saturated rings. The molecule has 0 aliphatic rings. The molecule has 88 valence electrons. The Morgan fingerprint density at radius 1 is 1.33 bits per heavy atom. The summed E-state index contributed by atoms with van der Waals surface area (Å²) in [5, 5.41) is 12.2. The Morgan fingerprint density at radius 2 is 2.17 bits per heavy atom. The molecule has 1 amide bonds. The van der Waals surface area contributed by atoms with Crippen molar-refractivity contribution in [1.82, 2.24) is 10.3 Å². The number of phenolic OH excluding ortho intramolecular Hbond substituents is 1. The van der Waals surface area contributed by atoms with Crippen LogP contribution in [0, 0.1) is 0 Å². The maximum absolute atomic E-state index is 11.8. The summed E-state index contributed by atoms with van der Waals surface area (Å²) in [5.41, 5.74) is 1.33. The Bertz CT molecular complexity index is 558. The van der Waals surface area contributed by atoms with Crippen LogP contribution in [0.3, 0.4) is 0 Å². The van der Waals surface area contributed by atoms with Crippen LogP contribution in [0.4, 0.5) is 0 Å². The fourth-order valence-corrected chi connectivity index (χ4v) is 1.50. The van der Waals surface area contributed by atoms with E-state index in [9.17, 15) is 9.90 Å². The molecule has 0 saturated heterocycles. The van der Waals surface area contributed by atoms with E-state index in [4.69, 9.17) is 7.85 Å². The second-order valence-corrected chi connectivity index (χ2v) is 3.78. The van der Waals surface area contributed by atoms with Crippen LogP contribution < -0.4 is 10.8 Å². The van der Waals surface area contributed by atoms with Gasteiger partial charge in [0.2, 0.25) is 0 Å². The first-order chi connectivity index (χ1) is 8.66. The highest BCUT2D eigenvalue weighted by Crippen LogP contribution is 2.13. The third-order valence-electron chi connectivity index (χ3n) is 2.42. The zero-order valence-corrected chi connectivity index (χ0v) is 9.63. The number of hydrogen-bond acceptors (Lipinski definition) is 3. The van der Waals surface area contributed by atoms with E-state index in [1.807, 2.05) is 6.07 Å². The van der Waals surface area contributed by atoms with Crippen LogP contribution in [0.2, 0.25) is 0 Å². The molecule has 1 aromatic heterocycles. The van der Waals surface area contributed by atoms with Gasteiger partial charge in [-0.15, -0.1) is 0 Å². The molecule has 2 rings (SSSR count). The molecule has 0 unspecified atom stereocenters. The fourth-order valence-electron chi connectivity index (χ4n) is 1.50. The Morgan fingerprint density at radius 3 is 2.89 bits per heavy atom. The highest BCUT2D eigenvalue weighted by molar-refractivity contribution is 6.32. The standard InChI is InChI=1S/C13H11BN2O2/c14-9-4-5-12(17)11(7-9)13(18)16-8-10-3-1-2-6-15-10/h1-7,17H,8H2,(H,16,18). The highest BCUT2D eigenvalue weighted by Gasteiger charge is 2.10. The molecule has 0 aliphatic carbocycles. The average molecular weight is 238 g/mol. The Kier molecular flexibility index (Phi) is 3.62. The van der Waals surface area contributed by atoms with E-state index in [1.165, 1.54) is 18.2 Å². The molecule has 0 atom stereocenters. The van der Waals surface area contributed by atoms with Crippen LogP contribution in [-0.4, -0.2) is 23.8 Å². The Labute approximate surface area is 106 Å². The van der Waals surface area contributed by atoms with E-state index in [-0.39, 0.29) is 17.2 Å². The van der Waals surface area contributed by atoms with Gasteiger partial charge in [0, 0.05) is 6.20 Å². The maximum atomic E-state index is 11.8. The summed E-state index contributed by atoms with van der Waals surface area (Å²) < 4.78 is 0. The lowest BCUT2D eigenvalue weighted by Crippen LogP contribution is -2.24. The molecule has 2 aromatic rings. The van der Waals surface area contributed by atoms with Gasteiger partial charge in [-0.05, 0) is 18.2 Å². The summed E-state index contributed by atoms with van der Waals surface area (Å²) in [6.45, 7) is 0.300. The van der Waals surface area contributed by atoms with Gasteiger partial charge in [-0.3, -0.25) is 9.78 Å². The first kappa shape index (κ1) is 12.2. The number of benzene rings is 1. The second-order valence-electron chi connectivity index (χ2n) is 3.78. The summed E-state index contributed by atoms with van der Waals surface area (Å²) in [6.07, 6.45) is 1.65. The Balaban J connectivity index is 2.06. The summed E-state index contributed by atoms with van der Waals surface area (Å²) in [5.74, 6) is -0.479. The van der Waals surface area contributed by atoms with Crippen molar-refractivity contribution in [1.29, 1.82) is 0 Å². The molecule has 2 N–H and O–H groups in total. The quantitative estimate of drug-likeness (QED) is 0.766. The normalized spacial score (nSPS) is 10.0. The fraction of sp³-hybridized carbons (Fsp3) is 0.0769. The number of carbonyl (C=O) groups is 1. The third-order valence-corrected chi connectivity index (χ3v) is 2.42. The van der Waals surface area contributed by atoms with Crippen molar-refractivity contribution in [3.05, 3.63) is 53.9 Å². The monoisotopic (exact) mass is 238 g/mol.